The van der Waals surface area contributed by atoms with Crippen molar-refractivity contribution in [3.05, 3.63) is 63.8 Å². The van der Waals surface area contributed by atoms with E-state index in [0.29, 0.717) is 29.0 Å². The van der Waals surface area contributed by atoms with Gasteiger partial charge in [0.2, 0.25) is 0 Å². The van der Waals surface area contributed by atoms with Gasteiger partial charge in [-0.05, 0) is 49.7 Å². The lowest BCUT2D eigenvalue weighted by Crippen LogP contribution is -2.37. The van der Waals surface area contributed by atoms with Crippen LogP contribution in [0.1, 0.15) is 35.3 Å². The molecule has 0 radical (unpaired) electrons. The summed E-state index contributed by atoms with van der Waals surface area (Å²) in [6.07, 6.45) is 1.54. The predicted molar refractivity (Wildman–Crippen MR) is 105 cm³/mol. The molecule has 3 N–H and O–H groups in total. The van der Waals surface area contributed by atoms with Gasteiger partial charge in [-0.25, -0.2) is 0 Å². The van der Waals surface area contributed by atoms with Crippen molar-refractivity contribution in [1.82, 2.24) is 10.6 Å². The number of halogens is 1. The summed E-state index contributed by atoms with van der Waals surface area (Å²) in [4.78, 5) is 24.2. The van der Waals surface area contributed by atoms with E-state index >= 15 is 0 Å². The summed E-state index contributed by atoms with van der Waals surface area (Å²) in [6, 6.07) is 10.3. The summed E-state index contributed by atoms with van der Waals surface area (Å²) in [7, 11) is 0. The third kappa shape index (κ3) is 4.31. The smallest absolute Gasteiger partial charge is 0.260 e. The molecule has 0 saturated heterocycles. The minimum atomic E-state index is -0.457. The number of benzene rings is 2. The lowest BCUT2D eigenvalue weighted by molar-refractivity contribution is -0.114. The Morgan fingerprint density at radius 3 is 2.63 bits per heavy atom. The zero-order valence-electron chi connectivity index (χ0n) is 14.9. The van der Waals surface area contributed by atoms with Gasteiger partial charge in [-0.15, -0.1) is 0 Å². The average molecular weight is 431 g/mol. The first-order valence-electron chi connectivity index (χ1n) is 8.43. The van der Waals surface area contributed by atoms with Crippen LogP contribution in [0, 0.1) is 0 Å². The predicted octanol–water partition coefficient (Wildman–Crippen LogP) is 3.34. The summed E-state index contributed by atoms with van der Waals surface area (Å²) < 4.78 is 6.28. The maximum Gasteiger partial charge on any atom is 0.260 e. The van der Waals surface area contributed by atoms with E-state index < -0.39 is 11.8 Å². The monoisotopic (exact) mass is 430 g/mol. The van der Waals surface area contributed by atoms with E-state index in [4.69, 9.17) is 4.74 Å². The standard InChI is InChI=1S/C20H19BrN2O4/c1-11(2)27-18-6-3-12(7-17(18)24)9-22-10-16-15-8-13(21)4-5-14(15)19(25)23-20(16)26/h3-8,10-11,22,24H,9H2,1-2H3,(H,23,25,26). The Bertz CT molecular complexity index is 938. The van der Waals surface area contributed by atoms with Crippen molar-refractivity contribution in [1.29, 1.82) is 0 Å². The van der Waals surface area contributed by atoms with E-state index in [-0.39, 0.29) is 11.9 Å². The topological polar surface area (TPSA) is 87.7 Å². The Morgan fingerprint density at radius 2 is 1.93 bits per heavy atom. The second-order valence-electron chi connectivity index (χ2n) is 6.38. The van der Waals surface area contributed by atoms with Gasteiger partial charge in [-0.1, -0.05) is 22.0 Å². The molecule has 3 rings (SSSR count). The summed E-state index contributed by atoms with van der Waals surface area (Å²) in [6.45, 7) is 4.16. The fourth-order valence-corrected chi connectivity index (χ4v) is 3.10. The molecule has 0 spiro atoms. The minimum Gasteiger partial charge on any atom is -0.504 e. The summed E-state index contributed by atoms with van der Waals surface area (Å²) in [5.41, 5.74) is 2.20. The SMILES string of the molecule is CC(C)Oc1ccc(CNC=C2C(=O)NC(=O)c3ccc(Br)cc32)cc1O. The molecule has 0 saturated carbocycles. The van der Waals surface area contributed by atoms with Gasteiger partial charge in [0.1, 0.15) is 0 Å². The van der Waals surface area contributed by atoms with Crippen molar-refractivity contribution in [3.63, 3.8) is 0 Å². The second kappa shape index (κ2) is 7.84. The normalized spacial score (nSPS) is 14.9. The molecule has 6 nitrogen and oxygen atoms in total. The number of carbonyl (C=O) groups is 2. The van der Waals surface area contributed by atoms with Crippen molar-refractivity contribution >= 4 is 33.3 Å². The molecule has 2 amide bonds. The fourth-order valence-electron chi connectivity index (χ4n) is 2.74. The summed E-state index contributed by atoms with van der Waals surface area (Å²) >= 11 is 3.36. The third-order valence-electron chi connectivity index (χ3n) is 3.93. The van der Waals surface area contributed by atoms with Gasteiger partial charge in [0.15, 0.2) is 11.5 Å². The number of rotatable bonds is 5. The molecule has 0 fully saturated rings. The maximum atomic E-state index is 12.2. The summed E-state index contributed by atoms with van der Waals surface area (Å²) in [5.74, 6) is -0.381. The Balaban J connectivity index is 1.78. The number of carbonyl (C=O) groups excluding carboxylic acids is 2. The quantitative estimate of drug-likeness (QED) is 0.500. The van der Waals surface area contributed by atoms with Crippen molar-refractivity contribution < 1.29 is 19.4 Å². The first-order valence-corrected chi connectivity index (χ1v) is 9.22. The molecule has 0 atom stereocenters. The van der Waals surface area contributed by atoms with E-state index in [1.165, 1.54) is 0 Å². The number of hydrogen-bond donors (Lipinski definition) is 3. The number of fused-ring (bicyclic) bond motifs is 1. The van der Waals surface area contributed by atoms with Crippen LogP contribution in [0.25, 0.3) is 5.57 Å². The van der Waals surface area contributed by atoms with E-state index in [1.807, 2.05) is 19.9 Å². The van der Waals surface area contributed by atoms with E-state index in [1.54, 1.807) is 36.5 Å². The lowest BCUT2D eigenvalue weighted by Gasteiger charge is -2.18. The van der Waals surface area contributed by atoms with Crippen LogP contribution in [0.15, 0.2) is 47.1 Å². The number of ether oxygens (including phenoxy) is 1. The number of phenolic OH excluding ortho intramolecular Hbond substituents is 1. The number of imide groups is 1. The maximum absolute atomic E-state index is 12.2. The van der Waals surface area contributed by atoms with Crippen LogP contribution in [0.5, 0.6) is 11.5 Å². The highest BCUT2D eigenvalue weighted by Gasteiger charge is 2.27. The molecule has 2 aromatic rings. The van der Waals surface area contributed by atoms with Crippen LogP contribution in [0.2, 0.25) is 0 Å². The molecule has 1 aliphatic heterocycles. The van der Waals surface area contributed by atoms with Gasteiger partial charge in [0.05, 0.1) is 11.7 Å². The molecule has 7 heteroatoms. The molecule has 27 heavy (non-hydrogen) atoms. The van der Waals surface area contributed by atoms with Crippen molar-refractivity contribution in [3.8, 4) is 11.5 Å². The minimum absolute atomic E-state index is 0.0310. The second-order valence-corrected chi connectivity index (χ2v) is 7.30. The van der Waals surface area contributed by atoms with Crippen LogP contribution in [-0.2, 0) is 11.3 Å². The number of aromatic hydroxyl groups is 1. The van der Waals surface area contributed by atoms with E-state index in [9.17, 15) is 14.7 Å². The van der Waals surface area contributed by atoms with Gasteiger partial charge < -0.3 is 15.2 Å². The molecule has 0 bridgehead atoms. The van der Waals surface area contributed by atoms with Gasteiger partial charge in [0, 0.05) is 28.3 Å². The molecule has 0 unspecified atom stereocenters. The Kier molecular flexibility index (Phi) is 5.51. The number of hydrogen-bond acceptors (Lipinski definition) is 5. The van der Waals surface area contributed by atoms with Crippen LogP contribution in [-0.4, -0.2) is 23.0 Å². The molecule has 0 aliphatic carbocycles. The highest BCUT2D eigenvalue weighted by molar-refractivity contribution is 9.10. The highest BCUT2D eigenvalue weighted by Crippen LogP contribution is 2.28. The van der Waals surface area contributed by atoms with Crippen molar-refractivity contribution in [2.45, 2.75) is 26.5 Å². The van der Waals surface area contributed by atoms with Crippen LogP contribution < -0.4 is 15.4 Å². The van der Waals surface area contributed by atoms with Crippen molar-refractivity contribution in [2.75, 3.05) is 0 Å². The van der Waals surface area contributed by atoms with Crippen LogP contribution in [0.4, 0.5) is 0 Å². The summed E-state index contributed by atoms with van der Waals surface area (Å²) in [5, 5.41) is 15.4. The highest BCUT2D eigenvalue weighted by atomic mass is 79.9. The fraction of sp³-hybridized carbons (Fsp3) is 0.200. The molecular formula is C20H19BrN2O4. The van der Waals surface area contributed by atoms with Crippen LogP contribution in [0.3, 0.4) is 0 Å². The van der Waals surface area contributed by atoms with Gasteiger partial charge in [0.25, 0.3) is 11.8 Å². The van der Waals surface area contributed by atoms with Crippen molar-refractivity contribution in [2.24, 2.45) is 0 Å². The Labute approximate surface area is 165 Å². The van der Waals surface area contributed by atoms with Gasteiger partial charge in [-0.2, -0.15) is 0 Å². The Hall–Kier alpha value is -2.80. The number of amides is 2. The molecule has 0 aromatic heterocycles. The largest absolute Gasteiger partial charge is 0.504 e. The third-order valence-corrected chi connectivity index (χ3v) is 4.42. The molecule has 1 heterocycles. The zero-order chi connectivity index (χ0) is 19.6. The van der Waals surface area contributed by atoms with E-state index in [2.05, 4.69) is 26.6 Å². The molecular weight excluding hydrogens is 412 g/mol. The molecule has 140 valence electrons. The average Bonchev–Trinajstić information content (AvgIpc) is 2.59. The van der Waals surface area contributed by atoms with E-state index in [0.717, 1.165) is 10.0 Å². The first-order chi connectivity index (χ1) is 12.8. The zero-order valence-corrected chi connectivity index (χ0v) is 16.5. The molecule has 2 aromatic carbocycles. The van der Waals surface area contributed by atoms with Crippen LogP contribution >= 0.6 is 15.9 Å². The molecule has 1 aliphatic rings. The Morgan fingerprint density at radius 1 is 1.15 bits per heavy atom. The lowest BCUT2D eigenvalue weighted by atomic mass is 9.95. The number of phenols is 1. The van der Waals surface area contributed by atoms with Gasteiger partial charge in [-0.3, -0.25) is 14.9 Å². The first kappa shape index (κ1) is 19.0. The number of nitrogens with one attached hydrogen (secondary N) is 2. The van der Waals surface area contributed by atoms with Gasteiger partial charge >= 0.3 is 0 Å².